The topological polar surface area (TPSA) is 41.5 Å². The van der Waals surface area contributed by atoms with Crippen LogP contribution in [0.25, 0.3) is 0 Å². The fraction of sp³-hybridized carbons (Fsp3) is 0.333. The molecule has 2 rings (SSSR count). The number of phenols is 1. The van der Waals surface area contributed by atoms with Gasteiger partial charge in [0.05, 0.1) is 7.11 Å². The summed E-state index contributed by atoms with van der Waals surface area (Å²) in [5.74, 6) is 0.671. The number of benzene rings is 2. The molecule has 0 saturated carbocycles. The van der Waals surface area contributed by atoms with Crippen LogP contribution in [0.4, 0.5) is 0 Å². The molecule has 0 radical (unpaired) electrons. The Balaban J connectivity index is 2.14. The summed E-state index contributed by atoms with van der Waals surface area (Å²) in [7, 11) is 1.56. The van der Waals surface area contributed by atoms with Crippen LogP contribution in [0, 0.1) is 6.92 Å². The second-order valence-corrected chi connectivity index (χ2v) is 5.40. The van der Waals surface area contributed by atoms with Gasteiger partial charge in [0.1, 0.15) is 0 Å². The number of aryl methyl sites for hydroxylation is 1. The molecule has 0 aliphatic carbocycles. The van der Waals surface area contributed by atoms with E-state index in [2.05, 4.69) is 50.4 Å². The average molecular weight is 285 g/mol. The molecule has 21 heavy (non-hydrogen) atoms. The second-order valence-electron chi connectivity index (χ2n) is 5.40. The van der Waals surface area contributed by atoms with Gasteiger partial charge in [-0.05, 0) is 49.6 Å². The minimum atomic E-state index is 0.161. The van der Waals surface area contributed by atoms with Crippen molar-refractivity contribution < 1.29 is 9.84 Å². The minimum absolute atomic E-state index is 0.161. The van der Waals surface area contributed by atoms with Gasteiger partial charge in [-0.25, -0.2) is 0 Å². The summed E-state index contributed by atoms with van der Waals surface area (Å²) in [5, 5.41) is 13.3. The third-order valence-electron chi connectivity index (χ3n) is 3.86. The van der Waals surface area contributed by atoms with E-state index in [1.807, 2.05) is 12.1 Å². The highest BCUT2D eigenvalue weighted by Gasteiger charge is 2.14. The molecule has 0 aliphatic heterocycles. The Morgan fingerprint density at radius 2 is 1.76 bits per heavy atom. The molecular weight excluding hydrogens is 262 g/mol. The second kappa shape index (κ2) is 6.64. The maximum Gasteiger partial charge on any atom is 0.160 e. The van der Waals surface area contributed by atoms with Gasteiger partial charge in [0.15, 0.2) is 11.5 Å². The molecule has 0 spiro atoms. The molecular formula is C18H23NO2. The van der Waals surface area contributed by atoms with Crippen molar-refractivity contribution in [2.45, 2.75) is 32.9 Å². The number of nitrogens with one attached hydrogen (secondary N) is 1. The van der Waals surface area contributed by atoms with Crippen molar-refractivity contribution in [2.75, 3.05) is 7.11 Å². The summed E-state index contributed by atoms with van der Waals surface area (Å²) >= 11 is 0. The number of hydrogen-bond donors (Lipinski definition) is 2. The van der Waals surface area contributed by atoms with Gasteiger partial charge in [0, 0.05) is 12.1 Å². The van der Waals surface area contributed by atoms with Crippen molar-refractivity contribution in [3.63, 3.8) is 0 Å². The number of ether oxygens (including phenoxy) is 1. The summed E-state index contributed by atoms with van der Waals surface area (Å²) in [5.41, 5.74) is 3.67. The third-order valence-corrected chi connectivity index (χ3v) is 3.86. The molecule has 0 amide bonds. The quantitative estimate of drug-likeness (QED) is 0.868. The molecule has 0 bridgehead atoms. The highest BCUT2D eigenvalue weighted by molar-refractivity contribution is 5.42. The molecule has 0 heterocycles. The fourth-order valence-electron chi connectivity index (χ4n) is 2.60. The Bertz CT molecular complexity index is 610. The zero-order valence-electron chi connectivity index (χ0n) is 13.1. The maximum absolute atomic E-state index is 9.67. The Morgan fingerprint density at radius 3 is 2.43 bits per heavy atom. The van der Waals surface area contributed by atoms with Crippen LogP contribution in [0.15, 0.2) is 42.5 Å². The van der Waals surface area contributed by atoms with Gasteiger partial charge in [0.2, 0.25) is 0 Å². The zero-order valence-corrected chi connectivity index (χ0v) is 13.1. The van der Waals surface area contributed by atoms with Gasteiger partial charge in [-0.2, -0.15) is 0 Å². The van der Waals surface area contributed by atoms with Crippen LogP contribution in [-0.4, -0.2) is 12.2 Å². The molecule has 0 saturated heterocycles. The molecule has 2 atom stereocenters. The molecule has 3 nitrogen and oxygen atoms in total. The molecule has 1 unspecified atom stereocenters. The van der Waals surface area contributed by atoms with E-state index < -0.39 is 0 Å². The molecule has 0 aromatic heterocycles. The SMILES string of the molecule is COc1cc(C(C)N[C@@H](C)c2ccccc2C)ccc1O. The highest BCUT2D eigenvalue weighted by atomic mass is 16.5. The first-order chi connectivity index (χ1) is 10.0. The highest BCUT2D eigenvalue weighted by Crippen LogP contribution is 2.30. The van der Waals surface area contributed by atoms with Crippen molar-refractivity contribution in [2.24, 2.45) is 0 Å². The Morgan fingerprint density at radius 1 is 1.05 bits per heavy atom. The van der Waals surface area contributed by atoms with Crippen LogP contribution in [-0.2, 0) is 0 Å². The van der Waals surface area contributed by atoms with Gasteiger partial charge >= 0.3 is 0 Å². The van der Waals surface area contributed by atoms with Crippen molar-refractivity contribution in [3.05, 3.63) is 59.2 Å². The van der Waals surface area contributed by atoms with E-state index >= 15 is 0 Å². The van der Waals surface area contributed by atoms with Crippen LogP contribution in [0.5, 0.6) is 11.5 Å². The number of rotatable bonds is 5. The number of phenolic OH excluding ortho intramolecular Hbond substituents is 1. The van der Waals surface area contributed by atoms with Gasteiger partial charge in [0.25, 0.3) is 0 Å². The van der Waals surface area contributed by atoms with E-state index in [-0.39, 0.29) is 17.8 Å². The minimum Gasteiger partial charge on any atom is -0.504 e. The van der Waals surface area contributed by atoms with Crippen molar-refractivity contribution in [1.82, 2.24) is 5.32 Å². The first kappa shape index (κ1) is 15.4. The molecule has 112 valence electrons. The van der Waals surface area contributed by atoms with Crippen LogP contribution in [0.1, 0.15) is 42.6 Å². The largest absolute Gasteiger partial charge is 0.504 e. The first-order valence-electron chi connectivity index (χ1n) is 7.21. The van der Waals surface area contributed by atoms with Crippen LogP contribution >= 0.6 is 0 Å². The van der Waals surface area contributed by atoms with Gasteiger partial charge in [-0.1, -0.05) is 30.3 Å². The van der Waals surface area contributed by atoms with Crippen LogP contribution < -0.4 is 10.1 Å². The van der Waals surface area contributed by atoms with Crippen LogP contribution in [0.3, 0.4) is 0 Å². The normalized spacial score (nSPS) is 13.7. The standard InChI is InChI=1S/C18H23NO2/c1-12-7-5-6-8-16(12)14(3)19-13(2)15-9-10-17(20)18(11-15)21-4/h5-11,13-14,19-20H,1-4H3/t13?,14-/m0/s1. The lowest BCUT2D eigenvalue weighted by atomic mass is 10.0. The molecule has 0 fully saturated rings. The molecule has 3 heteroatoms. The van der Waals surface area contributed by atoms with E-state index in [9.17, 15) is 5.11 Å². The smallest absolute Gasteiger partial charge is 0.160 e. The number of aromatic hydroxyl groups is 1. The summed E-state index contributed by atoms with van der Waals surface area (Å²) in [6, 6.07) is 14.3. The van der Waals surface area contributed by atoms with Gasteiger partial charge < -0.3 is 15.2 Å². The molecule has 2 aromatic carbocycles. The Kier molecular flexibility index (Phi) is 4.86. The van der Waals surface area contributed by atoms with Crippen LogP contribution in [0.2, 0.25) is 0 Å². The van der Waals surface area contributed by atoms with Gasteiger partial charge in [-0.3, -0.25) is 0 Å². The maximum atomic E-state index is 9.67. The molecule has 0 aliphatic rings. The Labute approximate surface area is 126 Å². The summed E-state index contributed by atoms with van der Waals surface area (Å²) in [4.78, 5) is 0. The van der Waals surface area contributed by atoms with E-state index in [0.29, 0.717) is 5.75 Å². The number of hydrogen-bond acceptors (Lipinski definition) is 3. The lowest BCUT2D eigenvalue weighted by Gasteiger charge is -2.22. The van der Waals surface area contributed by atoms with E-state index in [4.69, 9.17) is 4.74 Å². The Hall–Kier alpha value is -2.00. The van der Waals surface area contributed by atoms with Crippen molar-refractivity contribution in [1.29, 1.82) is 0 Å². The predicted octanol–water partition coefficient (Wildman–Crippen LogP) is 4.12. The van der Waals surface area contributed by atoms with E-state index in [0.717, 1.165) is 5.56 Å². The summed E-state index contributed by atoms with van der Waals surface area (Å²) in [6.45, 7) is 6.40. The average Bonchev–Trinajstić information content (AvgIpc) is 2.48. The predicted molar refractivity (Wildman–Crippen MR) is 85.8 cm³/mol. The number of methoxy groups -OCH3 is 1. The molecule has 2 N–H and O–H groups in total. The van der Waals surface area contributed by atoms with Gasteiger partial charge in [-0.15, -0.1) is 0 Å². The summed E-state index contributed by atoms with van der Waals surface area (Å²) in [6.07, 6.45) is 0. The zero-order chi connectivity index (χ0) is 15.4. The fourth-order valence-corrected chi connectivity index (χ4v) is 2.60. The monoisotopic (exact) mass is 285 g/mol. The molecule has 2 aromatic rings. The lowest BCUT2D eigenvalue weighted by molar-refractivity contribution is 0.371. The first-order valence-corrected chi connectivity index (χ1v) is 7.21. The third kappa shape index (κ3) is 3.56. The summed E-state index contributed by atoms with van der Waals surface area (Å²) < 4.78 is 5.17. The van der Waals surface area contributed by atoms with E-state index in [1.165, 1.54) is 11.1 Å². The van der Waals surface area contributed by atoms with E-state index in [1.54, 1.807) is 13.2 Å². The van der Waals surface area contributed by atoms with Crippen molar-refractivity contribution in [3.8, 4) is 11.5 Å². The lowest BCUT2D eigenvalue weighted by Crippen LogP contribution is -2.23. The van der Waals surface area contributed by atoms with Crippen molar-refractivity contribution >= 4 is 0 Å².